The van der Waals surface area contributed by atoms with Crippen LogP contribution in [-0.4, -0.2) is 22.2 Å². The smallest absolute Gasteiger partial charge is 0.332 e. The van der Waals surface area contributed by atoms with Crippen molar-refractivity contribution in [2.45, 2.75) is 19.6 Å². The minimum absolute atomic E-state index is 0.00981. The van der Waals surface area contributed by atoms with Gasteiger partial charge in [-0.05, 0) is 41.5 Å². The van der Waals surface area contributed by atoms with Gasteiger partial charge in [0.25, 0.3) is 5.56 Å². The van der Waals surface area contributed by atoms with E-state index < -0.39 is 17.2 Å². The molecule has 3 aromatic carbocycles. The summed E-state index contributed by atoms with van der Waals surface area (Å²) in [6.45, 7) is -0.0872. The zero-order valence-electron chi connectivity index (χ0n) is 19.4. The third-order valence-electron chi connectivity index (χ3n) is 5.98. The molecule has 0 saturated heterocycles. The molecule has 0 aliphatic heterocycles. The fourth-order valence-corrected chi connectivity index (χ4v) is 4.33. The van der Waals surface area contributed by atoms with Crippen molar-refractivity contribution in [3.05, 3.63) is 110 Å². The summed E-state index contributed by atoms with van der Waals surface area (Å²) in [4.78, 5) is 39.9. The molecule has 36 heavy (non-hydrogen) atoms. The number of benzene rings is 3. The number of carbonyl (C=O) groups excluding carboxylic acids is 1. The van der Waals surface area contributed by atoms with Crippen LogP contribution >= 0.6 is 11.6 Å². The Hall–Kier alpha value is -4.30. The van der Waals surface area contributed by atoms with Gasteiger partial charge in [-0.2, -0.15) is 0 Å². The Labute approximate surface area is 210 Å². The molecule has 0 atom stereocenters. The van der Waals surface area contributed by atoms with Crippen LogP contribution in [0.2, 0.25) is 5.02 Å². The number of rotatable bonds is 7. The zero-order valence-corrected chi connectivity index (χ0v) is 20.1. The molecule has 0 aliphatic carbocycles. The number of methoxy groups -OCH3 is 1. The van der Waals surface area contributed by atoms with Gasteiger partial charge in [-0.15, -0.1) is 0 Å². The SMILES string of the molecule is COc1ccc(Cn2c(=O)c3oc4ccccc4c3n(CC(=O)NCc3ccccc3Cl)c2=O)cc1. The van der Waals surface area contributed by atoms with Crippen LogP contribution in [0.15, 0.2) is 86.8 Å². The highest BCUT2D eigenvalue weighted by atomic mass is 35.5. The zero-order chi connectivity index (χ0) is 25.2. The van der Waals surface area contributed by atoms with E-state index in [2.05, 4.69) is 5.32 Å². The molecule has 8 nitrogen and oxygen atoms in total. The van der Waals surface area contributed by atoms with Crippen molar-refractivity contribution in [3.8, 4) is 5.75 Å². The van der Waals surface area contributed by atoms with Gasteiger partial charge in [0.1, 0.15) is 23.4 Å². The molecule has 182 valence electrons. The van der Waals surface area contributed by atoms with Crippen LogP contribution in [0.4, 0.5) is 0 Å². The van der Waals surface area contributed by atoms with E-state index in [4.69, 9.17) is 20.8 Å². The van der Waals surface area contributed by atoms with Gasteiger partial charge in [-0.1, -0.05) is 54.1 Å². The number of ether oxygens (including phenoxy) is 1. The summed E-state index contributed by atoms with van der Waals surface area (Å²) in [6.07, 6.45) is 0. The highest BCUT2D eigenvalue weighted by Crippen LogP contribution is 2.25. The summed E-state index contributed by atoms with van der Waals surface area (Å²) in [5, 5.41) is 3.92. The van der Waals surface area contributed by atoms with Gasteiger partial charge in [0, 0.05) is 17.0 Å². The average Bonchev–Trinajstić information content (AvgIpc) is 3.29. The van der Waals surface area contributed by atoms with Crippen molar-refractivity contribution >= 4 is 39.6 Å². The van der Waals surface area contributed by atoms with Gasteiger partial charge in [0.2, 0.25) is 11.5 Å². The van der Waals surface area contributed by atoms with Gasteiger partial charge in [0.05, 0.1) is 13.7 Å². The van der Waals surface area contributed by atoms with Gasteiger partial charge < -0.3 is 14.5 Å². The number of aromatic nitrogens is 2. The second-order valence-electron chi connectivity index (χ2n) is 8.25. The molecular weight excluding hydrogens is 482 g/mol. The first-order chi connectivity index (χ1) is 17.5. The van der Waals surface area contributed by atoms with Crippen molar-refractivity contribution in [1.29, 1.82) is 0 Å². The van der Waals surface area contributed by atoms with E-state index in [0.717, 1.165) is 15.7 Å². The number of amides is 1. The lowest BCUT2D eigenvalue weighted by Gasteiger charge is -2.13. The number of halogens is 1. The van der Waals surface area contributed by atoms with Gasteiger partial charge >= 0.3 is 5.69 Å². The first-order valence-corrected chi connectivity index (χ1v) is 11.6. The molecule has 5 aromatic rings. The molecule has 0 fully saturated rings. The van der Waals surface area contributed by atoms with Crippen LogP contribution in [0, 0.1) is 0 Å². The molecule has 0 radical (unpaired) electrons. The standard InChI is InChI=1S/C27H22ClN3O5/c1-35-19-12-10-17(11-13-19)15-31-26(33)25-24(20-7-3-5-9-22(20)36-25)30(27(31)34)16-23(32)29-14-18-6-2-4-8-21(18)28/h2-13H,14-16H2,1H3,(H,29,32). The van der Waals surface area contributed by atoms with E-state index in [9.17, 15) is 14.4 Å². The monoisotopic (exact) mass is 503 g/mol. The molecular formula is C27H22ClN3O5. The van der Waals surface area contributed by atoms with Gasteiger partial charge in [0.15, 0.2) is 0 Å². The van der Waals surface area contributed by atoms with Crippen molar-refractivity contribution in [3.63, 3.8) is 0 Å². The molecule has 0 spiro atoms. The first-order valence-electron chi connectivity index (χ1n) is 11.2. The predicted octanol–water partition coefficient (Wildman–Crippen LogP) is 3.94. The number of fused-ring (bicyclic) bond motifs is 3. The maximum absolute atomic E-state index is 13.6. The topological polar surface area (TPSA) is 95.5 Å². The second kappa shape index (κ2) is 9.75. The quantitative estimate of drug-likeness (QED) is 0.363. The Morgan fingerprint density at radius 2 is 1.69 bits per heavy atom. The molecule has 0 aliphatic rings. The third kappa shape index (κ3) is 4.38. The summed E-state index contributed by atoms with van der Waals surface area (Å²) in [7, 11) is 1.56. The van der Waals surface area contributed by atoms with E-state index in [1.54, 1.807) is 67.8 Å². The third-order valence-corrected chi connectivity index (χ3v) is 6.34. The second-order valence-corrected chi connectivity index (χ2v) is 8.66. The van der Waals surface area contributed by atoms with Crippen LogP contribution < -0.4 is 21.3 Å². The van der Waals surface area contributed by atoms with Gasteiger partial charge in [-0.25, -0.2) is 4.79 Å². The Kier molecular flexibility index (Phi) is 6.35. The summed E-state index contributed by atoms with van der Waals surface area (Å²) in [5.74, 6) is 0.254. The number of carbonyl (C=O) groups is 1. The molecule has 2 aromatic heterocycles. The maximum Gasteiger partial charge on any atom is 0.332 e. The Bertz CT molecular complexity index is 1700. The van der Waals surface area contributed by atoms with Crippen LogP contribution in [0.1, 0.15) is 11.1 Å². The Morgan fingerprint density at radius 3 is 2.44 bits per heavy atom. The minimum Gasteiger partial charge on any atom is -0.497 e. The van der Waals surface area contributed by atoms with Crippen LogP contribution in [0.5, 0.6) is 5.75 Å². The summed E-state index contributed by atoms with van der Waals surface area (Å²) < 4.78 is 13.4. The average molecular weight is 504 g/mol. The minimum atomic E-state index is -0.609. The number of hydrogen-bond donors (Lipinski definition) is 1. The Morgan fingerprint density at radius 1 is 0.972 bits per heavy atom. The van der Waals surface area contributed by atoms with Crippen LogP contribution in [-0.2, 0) is 24.4 Å². The van der Waals surface area contributed by atoms with E-state index >= 15 is 0 Å². The lowest BCUT2D eigenvalue weighted by atomic mass is 10.2. The van der Waals surface area contributed by atoms with Crippen molar-refractivity contribution in [1.82, 2.24) is 14.5 Å². The fraction of sp³-hybridized carbons (Fsp3) is 0.148. The van der Waals surface area contributed by atoms with E-state index in [1.165, 1.54) is 4.57 Å². The van der Waals surface area contributed by atoms with Crippen molar-refractivity contribution in [2.24, 2.45) is 0 Å². The highest BCUT2D eigenvalue weighted by molar-refractivity contribution is 6.31. The molecule has 0 bridgehead atoms. The summed E-state index contributed by atoms with van der Waals surface area (Å²) >= 11 is 6.19. The largest absolute Gasteiger partial charge is 0.497 e. The van der Waals surface area contributed by atoms with Gasteiger partial charge in [-0.3, -0.25) is 18.7 Å². The van der Waals surface area contributed by atoms with Crippen molar-refractivity contribution < 1.29 is 13.9 Å². The van der Waals surface area contributed by atoms with E-state index in [0.29, 0.717) is 27.3 Å². The number of para-hydroxylation sites is 1. The number of furan rings is 1. The van der Waals surface area contributed by atoms with Crippen LogP contribution in [0.25, 0.3) is 22.1 Å². The number of nitrogens with zero attached hydrogens (tertiary/aromatic N) is 2. The molecule has 5 rings (SSSR count). The lowest BCUT2D eigenvalue weighted by molar-refractivity contribution is -0.121. The number of nitrogens with one attached hydrogen (secondary N) is 1. The number of hydrogen-bond acceptors (Lipinski definition) is 5. The molecule has 9 heteroatoms. The summed E-state index contributed by atoms with van der Waals surface area (Å²) in [5.41, 5.74) is 1.07. The Balaban J connectivity index is 1.57. The molecule has 1 N–H and O–H groups in total. The summed E-state index contributed by atoms with van der Waals surface area (Å²) in [6, 6.07) is 21.3. The molecule has 0 unspecified atom stereocenters. The molecule has 1 amide bonds. The fourth-order valence-electron chi connectivity index (χ4n) is 4.13. The predicted molar refractivity (Wildman–Crippen MR) is 138 cm³/mol. The highest BCUT2D eigenvalue weighted by Gasteiger charge is 2.21. The first kappa shape index (κ1) is 23.4. The normalized spacial score (nSPS) is 11.2. The molecule has 0 saturated carbocycles. The molecule has 2 heterocycles. The maximum atomic E-state index is 13.6. The lowest BCUT2D eigenvalue weighted by Crippen LogP contribution is -2.42. The van der Waals surface area contributed by atoms with Crippen LogP contribution in [0.3, 0.4) is 0 Å². The van der Waals surface area contributed by atoms with E-state index in [1.807, 2.05) is 12.1 Å². The van der Waals surface area contributed by atoms with Crippen molar-refractivity contribution in [2.75, 3.05) is 7.11 Å². The van der Waals surface area contributed by atoms with E-state index in [-0.39, 0.29) is 25.2 Å².